The minimum Gasteiger partial charge on any atom is -0.446 e. The molecule has 9 nitrogen and oxygen atoms in total. The summed E-state index contributed by atoms with van der Waals surface area (Å²) in [7, 11) is 0. The van der Waals surface area contributed by atoms with Crippen LogP contribution in [-0.2, 0) is 19.0 Å². The molecule has 2 bridgehead atoms. The first-order chi connectivity index (χ1) is 20.1. The minimum atomic E-state index is -0.843. The molecule has 2 N–H and O–H groups in total. The number of carbonyl (C=O) groups excluding carboxylic acids is 4. The van der Waals surface area contributed by atoms with E-state index in [1.807, 2.05) is 27.7 Å². The summed E-state index contributed by atoms with van der Waals surface area (Å²) in [5, 5.41) is 5.17. The maximum absolute atomic E-state index is 13.8. The highest BCUT2D eigenvalue weighted by atomic mass is 16.6. The summed E-state index contributed by atoms with van der Waals surface area (Å²) in [5.74, 6) is 1.57. The van der Waals surface area contributed by atoms with Gasteiger partial charge in [0.1, 0.15) is 23.6 Å². The number of rotatable bonds is 4. The predicted molar refractivity (Wildman–Crippen MR) is 163 cm³/mol. The third kappa shape index (κ3) is 7.39. The van der Waals surface area contributed by atoms with E-state index in [1.165, 1.54) is 0 Å². The number of nitrogens with one attached hydrogen (secondary N) is 2. The summed E-state index contributed by atoms with van der Waals surface area (Å²) in [6.45, 7) is 17.9. The van der Waals surface area contributed by atoms with Crippen LogP contribution in [0.4, 0.5) is 14.4 Å². The average molecular weight is 603 g/mol. The maximum atomic E-state index is 13.8. The van der Waals surface area contributed by atoms with Crippen LogP contribution in [0.2, 0.25) is 0 Å². The molecule has 0 saturated heterocycles. The van der Waals surface area contributed by atoms with Gasteiger partial charge in [0.2, 0.25) is 0 Å². The van der Waals surface area contributed by atoms with Gasteiger partial charge in [-0.3, -0.25) is 4.79 Å². The molecule has 4 rings (SSSR count). The Morgan fingerprint density at radius 2 is 1.49 bits per heavy atom. The zero-order valence-electron chi connectivity index (χ0n) is 27.3. The first kappa shape index (κ1) is 33.3. The second-order valence-electron chi connectivity index (χ2n) is 15.3. The Morgan fingerprint density at radius 1 is 0.884 bits per heavy atom. The molecule has 43 heavy (non-hydrogen) atoms. The predicted octanol–water partition coefficient (Wildman–Crippen LogP) is 7.32. The quantitative estimate of drug-likeness (QED) is 0.255. The van der Waals surface area contributed by atoms with E-state index in [0.29, 0.717) is 55.8 Å². The molecule has 1 unspecified atom stereocenters. The van der Waals surface area contributed by atoms with E-state index in [0.717, 1.165) is 32.1 Å². The van der Waals surface area contributed by atoms with Gasteiger partial charge < -0.3 is 19.5 Å². The molecule has 4 aliphatic rings. The van der Waals surface area contributed by atoms with Gasteiger partial charge >= 0.3 is 18.3 Å². The molecule has 4 saturated carbocycles. The van der Waals surface area contributed by atoms with E-state index >= 15 is 0 Å². The van der Waals surface area contributed by atoms with Crippen LogP contribution in [0.3, 0.4) is 0 Å². The molecule has 0 aromatic rings. The molecule has 0 aromatic heterocycles. The summed E-state index contributed by atoms with van der Waals surface area (Å²) in [5.41, 5.74) is -1.75. The number of Topliss-reactive ketones (excluding diaryl/α,β-unsaturated/α-hetero) is 1. The third-order valence-electron chi connectivity index (χ3n) is 11.4. The summed E-state index contributed by atoms with van der Waals surface area (Å²) in [6, 6.07) is -0.0582. The van der Waals surface area contributed by atoms with Gasteiger partial charge in [0, 0.05) is 29.2 Å². The molecule has 4 fully saturated rings. The summed E-state index contributed by atoms with van der Waals surface area (Å²) < 4.78 is 17.1. The van der Waals surface area contributed by atoms with E-state index in [-0.39, 0.29) is 29.3 Å². The lowest BCUT2D eigenvalue weighted by Crippen LogP contribution is -2.54. The molecular formula is C34H54N2O7. The van der Waals surface area contributed by atoms with Crippen LogP contribution in [0.1, 0.15) is 113 Å². The number of hydrogen-bond acceptors (Lipinski definition) is 7. The van der Waals surface area contributed by atoms with Crippen molar-refractivity contribution in [3.05, 3.63) is 12.7 Å². The van der Waals surface area contributed by atoms with Crippen LogP contribution in [0.5, 0.6) is 0 Å². The Labute approximate surface area is 257 Å². The maximum Gasteiger partial charge on any atom is 0.416 e. The Hall–Kier alpha value is -2.58. The van der Waals surface area contributed by atoms with Crippen molar-refractivity contribution < 1.29 is 33.4 Å². The van der Waals surface area contributed by atoms with Gasteiger partial charge in [0.25, 0.3) is 0 Å². The van der Waals surface area contributed by atoms with Crippen molar-refractivity contribution in [2.24, 2.45) is 40.4 Å². The highest BCUT2D eigenvalue weighted by Crippen LogP contribution is 2.60. The molecule has 4 aliphatic carbocycles. The normalized spacial score (nSPS) is 39.7. The van der Waals surface area contributed by atoms with E-state index in [1.54, 1.807) is 6.08 Å². The van der Waals surface area contributed by atoms with Crippen LogP contribution >= 0.6 is 0 Å². The van der Waals surface area contributed by atoms with Gasteiger partial charge in [-0.25, -0.2) is 19.7 Å². The Bertz CT molecular complexity index is 1080. The monoisotopic (exact) mass is 602 g/mol. The Morgan fingerprint density at radius 3 is 2.12 bits per heavy atom. The summed E-state index contributed by atoms with van der Waals surface area (Å²) in [6.07, 6.45) is 6.71. The average Bonchev–Trinajstić information content (AvgIpc) is 2.95. The third-order valence-corrected chi connectivity index (χ3v) is 11.4. The summed E-state index contributed by atoms with van der Waals surface area (Å²) >= 11 is 0. The number of amides is 3. The molecule has 0 aromatic carbocycles. The molecule has 242 valence electrons. The van der Waals surface area contributed by atoms with Crippen molar-refractivity contribution in [1.29, 1.82) is 0 Å². The standard InChI is InChI=1S/C34H54N2O7/c1-9-33(7)19-27(34(8)20(2)10-11-22-12-13-23(18-26(22)34)21(3)28(33)37)42-30(39)36-29(38)41-25-16-14-24(15-17-25)35-31(40)43-32(4,5)6/h9,20-27H,1,10-19H2,2-8H3,(H,35,40)(H,36,38,39)/t20-,21-,22+,23?,24-,25-,26+,27-,33-,34-/m1/s1. The van der Waals surface area contributed by atoms with Crippen molar-refractivity contribution in [2.75, 3.05) is 0 Å². The number of allylic oxidation sites excluding steroid dienone is 1. The lowest BCUT2D eigenvalue weighted by atomic mass is 9.50. The van der Waals surface area contributed by atoms with Crippen molar-refractivity contribution in [2.45, 2.75) is 137 Å². The fraction of sp³-hybridized carbons (Fsp3) is 0.824. The zero-order valence-corrected chi connectivity index (χ0v) is 27.3. The number of ether oxygens (including phenoxy) is 3. The molecule has 3 amide bonds. The second kappa shape index (κ2) is 12.8. The highest BCUT2D eigenvalue weighted by Gasteiger charge is 2.58. The van der Waals surface area contributed by atoms with Crippen LogP contribution in [-0.4, -0.2) is 47.9 Å². The molecule has 0 spiro atoms. The first-order valence-electron chi connectivity index (χ1n) is 16.4. The molecule has 0 aliphatic heterocycles. The molecule has 9 heteroatoms. The van der Waals surface area contributed by atoms with Crippen molar-refractivity contribution >= 4 is 24.1 Å². The zero-order chi connectivity index (χ0) is 31.7. The van der Waals surface area contributed by atoms with E-state index < -0.39 is 35.4 Å². The largest absolute Gasteiger partial charge is 0.446 e. The fourth-order valence-electron chi connectivity index (χ4n) is 8.54. The molecule has 0 heterocycles. The molecular weight excluding hydrogens is 548 g/mol. The van der Waals surface area contributed by atoms with Crippen LogP contribution in [0.25, 0.3) is 0 Å². The number of hydrogen-bond donors (Lipinski definition) is 2. The molecule has 0 radical (unpaired) electrons. The fourth-order valence-corrected chi connectivity index (χ4v) is 8.54. The Kier molecular flexibility index (Phi) is 9.92. The number of fused-ring (bicyclic) bond motifs is 1. The van der Waals surface area contributed by atoms with Crippen LogP contribution < -0.4 is 10.6 Å². The van der Waals surface area contributed by atoms with E-state index in [9.17, 15) is 19.2 Å². The first-order valence-corrected chi connectivity index (χ1v) is 16.4. The number of alkyl carbamates (subject to hydrolysis) is 3. The smallest absolute Gasteiger partial charge is 0.416 e. The van der Waals surface area contributed by atoms with Crippen molar-refractivity contribution in [1.82, 2.24) is 10.6 Å². The van der Waals surface area contributed by atoms with Crippen molar-refractivity contribution in [3.8, 4) is 0 Å². The van der Waals surface area contributed by atoms with Gasteiger partial charge in [0.15, 0.2) is 0 Å². The highest BCUT2D eigenvalue weighted by molar-refractivity contribution is 5.89. The SMILES string of the molecule is C=C[C@]1(C)C[C@@H](OC(=O)NC(=O)O[C@H]2CC[C@H](NC(=O)OC(C)(C)C)CC2)[C@]2(C)[C@H](C)CC[C@H]3CCC(C[C@@H]32)[C@@H](C)C1=O. The minimum absolute atomic E-state index is 0.0582. The lowest BCUT2D eigenvalue weighted by Gasteiger charge is -2.56. The van der Waals surface area contributed by atoms with Gasteiger partial charge in [-0.15, -0.1) is 6.58 Å². The number of carbonyl (C=O) groups is 4. The second-order valence-corrected chi connectivity index (χ2v) is 15.3. The van der Waals surface area contributed by atoms with Gasteiger partial charge in [0.05, 0.1) is 0 Å². The van der Waals surface area contributed by atoms with Gasteiger partial charge in [-0.1, -0.05) is 26.8 Å². The van der Waals surface area contributed by atoms with Crippen LogP contribution in [0.15, 0.2) is 12.7 Å². The van der Waals surface area contributed by atoms with Gasteiger partial charge in [-0.05, 0) is 109 Å². The Balaban J connectivity index is 1.40. The van der Waals surface area contributed by atoms with Gasteiger partial charge in [-0.2, -0.15) is 0 Å². The summed E-state index contributed by atoms with van der Waals surface area (Å²) in [4.78, 5) is 51.9. The number of ketones is 1. The van der Waals surface area contributed by atoms with E-state index in [2.05, 4.69) is 38.0 Å². The van der Waals surface area contributed by atoms with Crippen LogP contribution in [0, 0.1) is 40.4 Å². The number of imide groups is 1. The van der Waals surface area contributed by atoms with Crippen molar-refractivity contribution in [3.63, 3.8) is 0 Å². The lowest BCUT2D eigenvalue weighted by molar-refractivity contribution is -0.133. The van der Waals surface area contributed by atoms with E-state index in [4.69, 9.17) is 14.2 Å². The molecule has 8 atom stereocenters. The topological polar surface area (TPSA) is 120 Å².